The van der Waals surface area contributed by atoms with Gasteiger partial charge in [-0.15, -0.1) is 13.2 Å². The summed E-state index contributed by atoms with van der Waals surface area (Å²) >= 11 is 0. The zero-order valence-corrected chi connectivity index (χ0v) is 22.5. The van der Waals surface area contributed by atoms with E-state index in [1.54, 1.807) is 12.2 Å². The van der Waals surface area contributed by atoms with Crippen molar-refractivity contribution in [2.75, 3.05) is 66.1 Å². The van der Waals surface area contributed by atoms with E-state index in [2.05, 4.69) is 40.9 Å². The molecular weight excluding hydrogens is 432 g/mol. The van der Waals surface area contributed by atoms with Crippen molar-refractivity contribution in [1.82, 2.24) is 0 Å². The minimum absolute atomic E-state index is 0.0220. The molecule has 0 spiro atoms. The van der Waals surface area contributed by atoms with Crippen LogP contribution in [0.15, 0.2) is 25.3 Å². The Kier molecular flexibility index (Phi) is 17.0. The molecule has 0 aromatic rings. The Labute approximate surface area is 209 Å². The second-order valence-electron chi connectivity index (χ2n) is 9.69. The maximum atomic E-state index is 5.90. The largest absolute Gasteiger partial charge is 0.380 e. The van der Waals surface area contributed by atoms with E-state index >= 15 is 0 Å². The molecule has 6 heteroatoms. The van der Waals surface area contributed by atoms with Crippen molar-refractivity contribution < 1.29 is 28.4 Å². The van der Waals surface area contributed by atoms with E-state index in [9.17, 15) is 0 Å². The third-order valence-electron chi connectivity index (χ3n) is 6.81. The second-order valence-corrected chi connectivity index (χ2v) is 9.69. The van der Waals surface area contributed by atoms with Crippen LogP contribution in [0.3, 0.4) is 0 Å². The van der Waals surface area contributed by atoms with Gasteiger partial charge >= 0.3 is 0 Å². The van der Waals surface area contributed by atoms with Gasteiger partial charge in [-0.05, 0) is 25.2 Å². The van der Waals surface area contributed by atoms with Crippen molar-refractivity contribution in [1.29, 1.82) is 0 Å². The molecule has 34 heavy (non-hydrogen) atoms. The third-order valence-corrected chi connectivity index (χ3v) is 6.81. The van der Waals surface area contributed by atoms with Crippen LogP contribution in [0.5, 0.6) is 0 Å². The number of ether oxygens (including phenoxy) is 6. The Bertz CT molecular complexity index is 500. The van der Waals surface area contributed by atoms with Crippen LogP contribution in [0.4, 0.5) is 0 Å². The Morgan fingerprint density at radius 1 is 0.912 bits per heavy atom. The van der Waals surface area contributed by atoms with E-state index < -0.39 is 0 Å². The van der Waals surface area contributed by atoms with Gasteiger partial charge in [-0.1, -0.05) is 59.1 Å². The van der Waals surface area contributed by atoms with Gasteiger partial charge in [0.05, 0.1) is 59.5 Å². The first-order valence-electron chi connectivity index (χ1n) is 13.3. The van der Waals surface area contributed by atoms with Gasteiger partial charge in [-0.3, -0.25) is 0 Å². The van der Waals surface area contributed by atoms with Crippen molar-refractivity contribution in [3.8, 4) is 0 Å². The molecule has 200 valence electrons. The van der Waals surface area contributed by atoms with E-state index in [1.165, 1.54) is 32.1 Å². The zero-order valence-electron chi connectivity index (χ0n) is 22.5. The molecule has 3 aliphatic heterocycles. The van der Waals surface area contributed by atoms with Crippen molar-refractivity contribution in [2.24, 2.45) is 11.3 Å². The fourth-order valence-electron chi connectivity index (χ4n) is 3.59. The molecule has 0 radical (unpaired) electrons. The summed E-state index contributed by atoms with van der Waals surface area (Å²) in [6.45, 7) is 23.9. The Morgan fingerprint density at radius 3 is 1.97 bits per heavy atom. The summed E-state index contributed by atoms with van der Waals surface area (Å²) in [7, 11) is 0. The summed E-state index contributed by atoms with van der Waals surface area (Å²) in [5.41, 5.74) is 0.372. The van der Waals surface area contributed by atoms with Crippen molar-refractivity contribution >= 4 is 0 Å². The molecule has 3 saturated heterocycles. The molecular formula is C28H52O6. The minimum Gasteiger partial charge on any atom is -0.380 e. The Hall–Kier alpha value is -0.760. The number of hydrogen-bond acceptors (Lipinski definition) is 6. The summed E-state index contributed by atoms with van der Waals surface area (Å²) in [5, 5.41) is 0. The lowest BCUT2D eigenvalue weighted by molar-refractivity contribution is -0.205. The lowest BCUT2D eigenvalue weighted by Gasteiger charge is -2.40. The van der Waals surface area contributed by atoms with Crippen LogP contribution >= 0.6 is 0 Å². The predicted molar refractivity (Wildman–Crippen MR) is 138 cm³/mol. The van der Waals surface area contributed by atoms with Crippen LogP contribution in [0, 0.1) is 11.3 Å². The topological polar surface area (TPSA) is 55.4 Å². The average molecular weight is 485 g/mol. The van der Waals surface area contributed by atoms with E-state index in [-0.39, 0.29) is 5.60 Å². The fraction of sp³-hybridized carbons (Fsp3) is 0.857. The zero-order chi connectivity index (χ0) is 25.1. The summed E-state index contributed by atoms with van der Waals surface area (Å²) < 4.78 is 31.8. The van der Waals surface area contributed by atoms with Crippen molar-refractivity contribution in [3.05, 3.63) is 25.3 Å². The maximum Gasteiger partial charge on any atom is 0.115 e. The first kappa shape index (κ1) is 31.3. The van der Waals surface area contributed by atoms with Gasteiger partial charge in [0, 0.05) is 12.0 Å². The second kappa shape index (κ2) is 18.5. The van der Waals surface area contributed by atoms with Gasteiger partial charge < -0.3 is 28.4 Å². The SMILES string of the molecule is C=CCOC1(CC)COC1.C=CCOC1COC1.CCCCC(CC)COCC1(CC)COC1. The van der Waals surface area contributed by atoms with Crippen molar-refractivity contribution in [3.63, 3.8) is 0 Å². The van der Waals surface area contributed by atoms with Crippen LogP contribution in [0.1, 0.15) is 66.2 Å². The molecule has 6 nitrogen and oxygen atoms in total. The van der Waals surface area contributed by atoms with Gasteiger partial charge in [0.2, 0.25) is 0 Å². The van der Waals surface area contributed by atoms with Crippen LogP contribution in [0.2, 0.25) is 0 Å². The highest BCUT2D eigenvalue weighted by Gasteiger charge is 2.37. The predicted octanol–water partition coefficient (Wildman–Crippen LogP) is 5.60. The van der Waals surface area contributed by atoms with Crippen molar-refractivity contribution in [2.45, 2.75) is 77.9 Å². The summed E-state index contributed by atoms with van der Waals surface area (Å²) in [4.78, 5) is 0. The highest BCUT2D eigenvalue weighted by atomic mass is 16.6. The number of hydrogen-bond donors (Lipinski definition) is 0. The molecule has 0 saturated carbocycles. The third kappa shape index (κ3) is 11.8. The molecule has 0 N–H and O–H groups in total. The van der Waals surface area contributed by atoms with Gasteiger partial charge in [0.25, 0.3) is 0 Å². The molecule has 0 aromatic heterocycles. The first-order valence-corrected chi connectivity index (χ1v) is 13.3. The van der Waals surface area contributed by atoms with Gasteiger partial charge in [0.15, 0.2) is 0 Å². The average Bonchev–Trinajstić information content (AvgIpc) is 2.77. The quantitative estimate of drug-likeness (QED) is 0.266. The molecule has 3 rings (SSSR count). The van der Waals surface area contributed by atoms with E-state index in [0.717, 1.165) is 65.2 Å². The molecule has 0 amide bonds. The highest BCUT2D eigenvalue weighted by Crippen LogP contribution is 2.31. The Balaban J connectivity index is 0.000000274. The Morgan fingerprint density at radius 2 is 1.59 bits per heavy atom. The molecule has 3 aliphatic rings. The molecule has 0 bridgehead atoms. The molecule has 1 unspecified atom stereocenters. The van der Waals surface area contributed by atoms with Crippen LogP contribution < -0.4 is 0 Å². The van der Waals surface area contributed by atoms with E-state index in [4.69, 9.17) is 28.4 Å². The maximum absolute atomic E-state index is 5.90. The molecule has 0 aliphatic carbocycles. The lowest BCUT2D eigenvalue weighted by atomic mass is 9.84. The summed E-state index contributed by atoms with van der Waals surface area (Å²) in [6.07, 6.45) is 11.3. The van der Waals surface area contributed by atoms with Crippen LogP contribution in [0.25, 0.3) is 0 Å². The van der Waals surface area contributed by atoms with Gasteiger partial charge in [-0.25, -0.2) is 0 Å². The molecule has 3 heterocycles. The molecule has 3 fully saturated rings. The first-order chi connectivity index (χ1) is 16.5. The molecule has 1 atom stereocenters. The summed E-state index contributed by atoms with van der Waals surface area (Å²) in [5.74, 6) is 0.759. The summed E-state index contributed by atoms with van der Waals surface area (Å²) in [6, 6.07) is 0. The van der Waals surface area contributed by atoms with E-state index in [1.807, 2.05) is 0 Å². The number of rotatable bonds is 16. The van der Waals surface area contributed by atoms with Gasteiger partial charge in [-0.2, -0.15) is 0 Å². The standard InChI is InChI=1S/C14H28O2.C8H14O2.C6H10O2/c1-4-7-8-13(5-2)9-15-10-14(6-3)11-16-12-14;1-3-5-10-8(4-2)6-9-7-8;1-2-3-8-6-4-7-5-6/h13H,4-12H2,1-3H3;3H,1,4-7H2,2H3;2,6H,1,3-5H2. The van der Waals surface area contributed by atoms with Crippen LogP contribution in [-0.4, -0.2) is 77.8 Å². The van der Waals surface area contributed by atoms with Gasteiger partial charge in [0.1, 0.15) is 11.7 Å². The number of unbranched alkanes of at least 4 members (excludes halogenated alkanes) is 1. The van der Waals surface area contributed by atoms with Crippen LogP contribution in [-0.2, 0) is 28.4 Å². The lowest BCUT2D eigenvalue weighted by Crippen LogP contribution is -2.51. The normalized spacial score (nSPS) is 20.7. The molecule has 0 aromatic carbocycles. The minimum atomic E-state index is 0.0220. The smallest absolute Gasteiger partial charge is 0.115 e. The monoisotopic (exact) mass is 484 g/mol. The fourth-order valence-corrected chi connectivity index (χ4v) is 3.59. The van der Waals surface area contributed by atoms with E-state index in [0.29, 0.717) is 24.7 Å². The highest BCUT2D eigenvalue weighted by molar-refractivity contribution is 4.87.